The van der Waals surface area contributed by atoms with Crippen LogP contribution in [0.15, 0.2) is 42.5 Å². The van der Waals surface area contributed by atoms with Gasteiger partial charge in [-0.2, -0.15) is 0 Å². The van der Waals surface area contributed by atoms with Gasteiger partial charge in [-0.15, -0.1) is 0 Å². The number of ether oxygens (including phenoxy) is 1. The van der Waals surface area contributed by atoms with Crippen LogP contribution in [0, 0.1) is 6.07 Å². The lowest BCUT2D eigenvalue weighted by Crippen LogP contribution is -1.86. The molecule has 2 heteroatoms. The Labute approximate surface area is 89.3 Å². The van der Waals surface area contributed by atoms with E-state index in [1.807, 2.05) is 42.5 Å². The van der Waals surface area contributed by atoms with Gasteiger partial charge in [0.2, 0.25) is 0 Å². The van der Waals surface area contributed by atoms with Gasteiger partial charge in [-0.1, -0.05) is 24.3 Å². The molecule has 2 rings (SSSR count). The number of methoxy groups -OCH3 is 1. The normalized spacial score (nSPS) is 9.93. The zero-order valence-corrected chi connectivity index (χ0v) is 8.53. The molecule has 0 spiro atoms. The first-order chi connectivity index (χ1) is 7.29. The maximum atomic E-state index is 5.68. The Morgan fingerprint density at radius 1 is 1.13 bits per heavy atom. The van der Waals surface area contributed by atoms with Crippen LogP contribution in [0.4, 0.5) is 5.69 Å². The number of benzene rings is 2. The van der Waals surface area contributed by atoms with Crippen molar-refractivity contribution in [3.05, 3.63) is 48.5 Å². The summed E-state index contributed by atoms with van der Waals surface area (Å²) in [4.78, 5) is 0. The van der Waals surface area contributed by atoms with Crippen LogP contribution in [0.1, 0.15) is 0 Å². The first-order valence-electron chi connectivity index (χ1n) is 4.71. The van der Waals surface area contributed by atoms with Crippen molar-refractivity contribution in [3.8, 4) is 16.9 Å². The quantitative estimate of drug-likeness (QED) is 0.753. The molecule has 0 amide bonds. The molecule has 1 radical (unpaired) electrons. The van der Waals surface area contributed by atoms with Crippen LogP contribution >= 0.6 is 0 Å². The number of hydrogen-bond donors (Lipinski definition) is 1. The lowest BCUT2D eigenvalue weighted by atomic mass is 10.1. The Kier molecular flexibility index (Phi) is 2.59. The third-order valence-electron chi connectivity index (χ3n) is 2.23. The van der Waals surface area contributed by atoms with Crippen molar-refractivity contribution < 1.29 is 4.74 Å². The summed E-state index contributed by atoms with van der Waals surface area (Å²) in [6.45, 7) is 0. The van der Waals surface area contributed by atoms with Gasteiger partial charge in [0.05, 0.1) is 7.11 Å². The molecular weight excluding hydrogens is 186 g/mol. The second-order valence-corrected chi connectivity index (χ2v) is 3.26. The maximum Gasteiger partial charge on any atom is 0.119 e. The summed E-state index contributed by atoms with van der Waals surface area (Å²) in [5, 5.41) is 0. The van der Waals surface area contributed by atoms with Gasteiger partial charge in [-0.3, -0.25) is 0 Å². The highest BCUT2D eigenvalue weighted by Gasteiger charge is 1.99. The minimum absolute atomic E-state index is 0.648. The van der Waals surface area contributed by atoms with Crippen LogP contribution in [-0.2, 0) is 0 Å². The van der Waals surface area contributed by atoms with Gasteiger partial charge in [0.15, 0.2) is 0 Å². The summed E-state index contributed by atoms with van der Waals surface area (Å²) in [5.41, 5.74) is 8.49. The molecule has 0 heterocycles. The molecule has 2 aromatic carbocycles. The molecule has 2 N–H and O–H groups in total. The highest BCUT2D eigenvalue weighted by molar-refractivity contribution is 5.68. The fraction of sp³-hybridized carbons (Fsp3) is 0.0769. The predicted molar refractivity (Wildman–Crippen MR) is 61.7 cm³/mol. The van der Waals surface area contributed by atoms with E-state index in [9.17, 15) is 0 Å². The van der Waals surface area contributed by atoms with Crippen molar-refractivity contribution >= 4 is 5.69 Å². The SMILES string of the molecule is COc1cccc(-c2cc[c]c(N)c2)c1. The molecule has 2 nitrogen and oxygen atoms in total. The number of anilines is 1. The smallest absolute Gasteiger partial charge is 0.119 e. The van der Waals surface area contributed by atoms with Gasteiger partial charge in [-0.25, -0.2) is 0 Å². The molecule has 0 aliphatic carbocycles. The standard InChI is InChI=1S/C13H12NO/c1-15-13-7-3-5-11(9-13)10-4-2-6-12(14)8-10/h2-5,7-9H,14H2,1H3. The zero-order chi connectivity index (χ0) is 10.7. The minimum Gasteiger partial charge on any atom is -0.497 e. The molecule has 0 saturated carbocycles. The van der Waals surface area contributed by atoms with Crippen molar-refractivity contribution in [2.45, 2.75) is 0 Å². The Morgan fingerprint density at radius 2 is 1.93 bits per heavy atom. The molecule has 2 aromatic rings. The number of hydrogen-bond acceptors (Lipinski definition) is 2. The van der Waals surface area contributed by atoms with Crippen molar-refractivity contribution in [2.75, 3.05) is 12.8 Å². The lowest BCUT2D eigenvalue weighted by molar-refractivity contribution is 0.415. The molecule has 0 atom stereocenters. The topological polar surface area (TPSA) is 35.2 Å². The van der Waals surface area contributed by atoms with Gasteiger partial charge in [0, 0.05) is 11.8 Å². The minimum atomic E-state index is 0.648. The summed E-state index contributed by atoms with van der Waals surface area (Å²) < 4.78 is 5.17. The fourth-order valence-electron chi connectivity index (χ4n) is 1.47. The molecule has 0 unspecified atom stereocenters. The zero-order valence-electron chi connectivity index (χ0n) is 8.53. The fourth-order valence-corrected chi connectivity index (χ4v) is 1.47. The average molecular weight is 198 g/mol. The van der Waals surface area contributed by atoms with Crippen LogP contribution in [0.5, 0.6) is 5.75 Å². The predicted octanol–water partition coefficient (Wildman–Crippen LogP) is 2.74. The summed E-state index contributed by atoms with van der Waals surface area (Å²) in [6, 6.07) is 16.5. The van der Waals surface area contributed by atoms with Crippen molar-refractivity contribution in [3.63, 3.8) is 0 Å². The lowest BCUT2D eigenvalue weighted by Gasteiger charge is -2.05. The largest absolute Gasteiger partial charge is 0.497 e. The molecule has 15 heavy (non-hydrogen) atoms. The summed E-state index contributed by atoms with van der Waals surface area (Å²) in [5.74, 6) is 0.846. The molecule has 0 fully saturated rings. The van der Waals surface area contributed by atoms with E-state index in [1.165, 1.54) is 0 Å². The van der Waals surface area contributed by atoms with Gasteiger partial charge < -0.3 is 10.5 Å². The molecule has 0 saturated heterocycles. The highest BCUT2D eigenvalue weighted by Crippen LogP contribution is 2.24. The second kappa shape index (κ2) is 4.05. The van der Waals surface area contributed by atoms with Gasteiger partial charge in [0.25, 0.3) is 0 Å². The molecule has 0 aliphatic heterocycles. The van der Waals surface area contributed by atoms with E-state index in [4.69, 9.17) is 10.5 Å². The molecule has 0 bridgehead atoms. The van der Waals surface area contributed by atoms with E-state index in [0.29, 0.717) is 5.69 Å². The maximum absolute atomic E-state index is 5.68. The van der Waals surface area contributed by atoms with E-state index in [-0.39, 0.29) is 0 Å². The van der Waals surface area contributed by atoms with Gasteiger partial charge in [-0.05, 0) is 29.3 Å². The van der Waals surface area contributed by atoms with Crippen LogP contribution in [-0.4, -0.2) is 7.11 Å². The Morgan fingerprint density at radius 3 is 2.67 bits per heavy atom. The van der Waals surface area contributed by atoms with E-state index in [0.717, 1.165) is 16.9 Å². The molecule has 0 aromatic heterocycles. The number of nitrogens with two attached hydrogens (primary N) is 1. The van der Waals surface area contributed by atoms with Crippen molar-refractivity contribution in [1.82, 2.24) is 0 Å². The van der Waals surface area contributed by atoms with Crippen LogP contribution in [0.2, 0.25) is 0 Å². The molecule has 0 aliphatic rings. The van der Waals surface area contributed by atoms with Crippen molar-refractivity contribution in [2.24, 2.45) is 0 Å². The third kappa shape index (κ3) is 2.10. The van der Waals surface area contributed by atoms with Gasteiger partial charge in [0.1, 0.15) is 5.75 Å². The van der Waals surface area contributed by atoms with Gasteiger partial charge >= 0.3 is 0 Å². The summed E-state index contributed by atoms with van der Waals surface area (Å²) >= 11 is 0. The summed E-state index contributed by atoms with van der Waals surface area (Å²) in [6.07, 6.45) is 0. The average Bonchev–Trinajstić information content (AvgIpc) is 2.29. The first kappa shape index (κ1) is 9.59. The third-order valence-corrected chi connectivity index (χ3v) is 2.23. The Balaban J connectivity index is 2.44. The van der Waals surface area contributed by atoms with Crippen LogP contribution in [0.25, 0.3) is 11.1 Å². The highest BCUT2D eigenvalue weighted by atomic mass is 16.5. The van der Waals surface area contributed by atoms with E-state index in [1.54, 1.807) is 7.11 Å². The summed E-state index contributed by atoms with van der Waals surface area (Å²) in [7, 11) is 1.66. The van der Waals surface area contributed by atoms with E-state index in [2.05, 4.69) is 6.07 Å². The second-order valence-electron chi connectivity index (χ2n) is 3.26. The van der Waals surface area contributed by atoms with E-state index >= 15 is 0 Å². The van der Waals surface area contributed by atoms with E-state index < -0.39 is 0 Å². The Bertz CT molecular complexity index is 466. The monoisotopic (exact) mass is 198 g/mol. The number of nitrogen functional groups attached to an aromatic ring is 1. The molecular formula is C13H12NO. The van der Waals surface area contributed by atoms with Crippen LogP contribution < -0.4 is 10.5 Å². The Hall–Kier alpha value is -1.96. The van der Waals surface area contributed by atoms with Crippen molar-refractivity contribution in [1.29, 1.82) is 0 Å². The number of rotatable bonds is 2. The first-order valence-corrected chi connectivity index (χ1v) is 4.71. The molecule has 75 valence electrons. The van der Waals surface area contributed by atoms with Crippen LogP contribution in [0.3, 0.4) is 0 Å².